The van der Waals surface area contributed by atoms with Crippen LogP contribution in [-0.4, -0.2) is 34.2 Å². The molecule has 0 aliphatic carbocycles. The summed E-state index contributed by atoms with van der Waals surface area (Å²) in [6.07, 6.45) is 0.562. The first-order chi connectivity index (χ1) is 12.9. The van der Waals surface area contributed by atoms with Crippen LogP contribution in [0.5, 0.6) is 11.5 Å². The van der Waals surface area contributed by atoms with Gasteiger partial charge in [0.25, 0.3) is 0 Å². The molecule has 0 fully saturated rings. The third-order valence-electron chi connectivity index (χ3n) is 4.60. The maximum absolute atomic E-state index is 12.7. The number of rotatable bonds is 7. The van der Waals surface area contributed by atoms with E-state index in [0.29, 0.717) is 12.2 Å². The molecule has 0 aliphatic heterocycles. The molecule has 2 N–H and O–H groups in total. The summed E-state index contributed by atoms with van der Waals surface area (Å²) in [6.45, 7) is 4.12. The zero-order chi connectivity index (χ0) is 19.6. The Balaban J connectivity index is 1.81. The minimum Gasteiger partial charge on any atom is -0.497 e. The molecular weight excluding hydrogens is 364 g/mol. The highest BCUT2D eigenvalue weighted by molar-refractivity contribution is 7.89. The maximum atomic E-state index is 12.7. The second-order valence-corrected chi connectivity index (χ2v) is 8.18. The molecule has 0 unspecified atom stereocenters. The first-order valence-corrected chi connectivity index (χ1v) is 10.1. The Hall–Kier alpha value is -2.51. The van der Waals surface area contributed by atoms with Gasteiger partial charge in [-0.15, -0.1) is 0 Å². The molecule has 27 heavy (non-hydrogen) atoms. The van der Waals surface area contributed by atoms with E-state index in [1.165, 1.54) is 7.11 Å². The average Bonchev–Trinajstić information content (AvgIpc) is 2.96. The first-order valence-electron chi connectivity index (χ1n) is 8.65. The van der Waals surface area contributed by atoms with E-state index in [2.05, 4.69) is 9.71 Å². The number of benzene rings is 2. The van der Waals surface area contributed by atoms with Crippen LogP contribution in [0.1, 0.15) is 16.8 Å². The van der Waals surface area contributed by atoms with Crippen LogP contribution >= 0.6 is 0 Å². The van der Waals surface area contributed by atoms with Crippen molar-refractivity contribution >= 4 is 20.9 Å². The summed E-state index contributed by atoms with van der Waals surface area (Å²) in [6, 6.07) is 10.9. The molecule has 0 aliphatic rings. The fourth-order valence-corrected chi connectivity index (χ4v) is 4.48. The standard InChI is InChI=1S/C20H24N2O4S/c1-13-5-8-19(26-4)20(11-13)27(23,24)21-10-9-16-14(2)22-18-7-6-15(25-3)12-17(16)18/h5-8,11-12,21-22H,9-10H2,1-4H3. The van der Waals surface area contributed by atoms with Crippen molar-refractivity contribution in [1.82, 2.24) is 9.71 Å². The Morgan fingerprint density at radius 3 is 2.52 bits per heavy atom. The summed E-state index contributed by atoms with van der Waals surface area (Å²) in [5.74, 6) is 1.11. The predicted molar refractivity (Wildman–Crippen MR) is 106 cm³/mol. The summed E-state index contributed by atoms with van der Waals surface area (Å²) in [4.78, 5) is 3.49. The van der Waals surface area contributed by atoms with Gasteiger partial charge in [0.15, 0.2) is 0 Å². The van der Waals surface area contributed by atoms with E-state index in [0.717, 1.165) is 33.5 Å². The summed E-state index contributed by atoms with van der Waals surface area (Å²) >= 11 is 0. The summed E-state index contributed by atoms with van der Waals surface area (Å²) < 4.78 is 38.6. The van der Waals surface area contributed by atoms with Gasteiger partial charge >= 0.3 is 0 Å². The molecule has 144 valence electrons. The van der Waals surface area contributed by atoms with Crippen molar-refractivity contribution in [3.05, 3.63) is 53.2 Å². The number of sulfonamides is 1. The third-order valence-corrected chi connectivity index (χ3v) is 6.08. The lowest BCUT2D eigenvalue weighted by Gasteiger charge is -2.11. The molecule has 2 aromatic carbocycles. The highest BCUT2D eigenvalue weighted by atomic mass is 32.2. The minimum atomic E-state index is -3.67. The van der Waals surface area contributed by atoms with Gasteiger partial charge in [0.1, 0.15) is 16.4 Å². The molecule has 3 rings (SSSR count). The lowest BCUT2D eigenvalue weighted by atomic mass is 10.1. The van der Waals surface area contributed by atoms with Crippen molar-refractivity contribution < 1.29 is 17.9 Å². The predicted octanol–water partition coefficient (Wildman–Crippen LogP) is 3.32. The summed E-state index contributed by atoms with van der Waals surface area (Å²) in [5.41, 5.74) is 3.95. The van der Waals surface area contributed by atoms with Crippen LogP contribution in [0.25, 0.3) is 10.9 Å². The molecule has 0 spiro atoms. The van der Waals surface area contributed by atoms with Crippen molar-refractivity contribution in [2.45, 2.75) is 25.2 Å². The number of ether oxygens (including phenoxy) is 2. The Morgan fingerprint density at radius 2 is 1.81 bits per heavy atom. The second-order valence-electron chi connectivity index (χ2n) is 6.44. The molecule has 6 nitrogen and oxygen atoms in total. The number of H-pyrrole nitrogens is 1. The number of fused-ring (bicyclic) bond motifs is 1. The van der Waals surface area contributed by atoms with Crippen LogP contribution in [0.2, 0.25) is 0 Å². The monoisotopic (exact) mass is 388 g/mol. The quantitative estimate of drug-likeness (QED) is 0.651. The van der Waals surface area contributed by atoms with Gasteiger partial charge < -0.3 is 14.5 Å². The van der Waals surface area contributed by atoms with Crippen LogP contribution in [-0.2, 0) is 16.4 Å². The molecule has 7 heteroatoms. The first kappa shape index (κ1) is 19.3. The van der Waals surface area contributed by atoms with Crippen LogP contribution in [0, 0.1) is 13.8 Å². The zero-order valence-corrected chi connectivity index (χ0v) is 16.7. The zero-order valence-electron chi connectivity index (χ0n) is 15.9. The van der Waals surface area contributed by atoms with Gasteiger partial charge in [0.2, 0.25) is 10.0 Å². The normalized spacial score (nSPS) is 11.7. The summed E-state index contributed by atoms with van der Waals surface area (Å²) in [5, 5.41) is 1.04. The lowest BCUT2D eigenvalue weighted by Crippen LogP contribution is -2.26. The highest BCUT2D eigenvalue weighted by Crippen LogP contribution is 2.27. The van der Waals surface area contributed by atoms with E-state index >= 15 is 0 Å². The highest BCUT2D eigenvalue weighted by Gasteiger charge is 2.20. The van der Waals surface area contributed by atoms with Gasteiger partial charge in [-0.2, -0.15) is 0 Å². The number of hydrogen-bond donors (Lipinski definition) is 2. The Morgan fingerprint density at radius 1 is 1.04 bits per heavy atom. The van der Waals surface area contributed by atoms with Gasteiger partial charge in [0, 0.05) is 23.1 Å². The smallest absolute Gasteiger partial charge is 0.244 e. The second kappa shape index (κ2) is 7.62. The van der Waals surface area contributed by atoms with Crippen molar-refractivity contribution in [1.29, 1.82) is 0 Å². The Labute approximate surface area is 159 Å². The molecule has 1 heterocycles. The van der Waals surface area contributed by atoms with E-state index in [-0.39, 0.29) is 11.4 Å². The van der Waals surface area contributed by atoms with Gasteiger partial charge in [-0.05, 0) is 61.7 Å². The van der Waals surface area contributed by atoms with E-state index in [4.69, 9.17) is 9.47 Å². The molecule has 0 radical (unpaired) electrons. The molecular formula is C20H24N2O4S. The van der Waals surface area contributed by atoms with Crippen molar-refractivity contribution in [3.63, 3.8) is 0 Å². The molecule has 0 bridgehead atoms. The molecule has 0 amide bonds. The van der Waals surface area contributed by atoms with Gasteiger partial charge in [-0.1, -0.05) is 6.07 Å². The van der Waals surface area contributed by atoms with E-state index in [1.54, 1.807) is 19.2 Å². The number of aromatic nitrogens is 1. The molecule has 0 atom stereocenters. The number of aryl methyl sites for hydroxylation is 2. The SMILES string of the molecule is COc1ccc2[nH]c(C)c(CCNS(=O)(=O)c3cc(C)ccc3OC)c2c1. The van der Waals surface area contributed by atoms with E-state index in [1.807, 2.05) is 38.1 Å². The molecule has 1 aromatic heterocycles. The van der Waals surface area contributed by atoms with Crippen molar-refractivity contribution in [2.75, 3.05) is 20.8 Å². The molecule has 0 saturated heterocycles. The number of hydrogen-bond acceptors (Lipinski definition) is 4. The maximum Gasteiger partial charge on any atom is 0.244 e. The van der Waals surface area contributed by atoms with Crippen LogP contribution < -0.4 is 14.2 Å². The Kier molecular flexibility index (Phi) is 5.43. The number of methoxy groups -OCH3 is 2. The topological polar surface area (TPSA) is 80.4 Å². The molecule has 3 aromatic rings. The average molecular weight is 388 g/mol. The molecule has 0 saturated carbocycles. The lowest BCUT2D eigenvalue weighted by molar-refractivity contribution is 0.402. The largest absolute Gasteiger partial charge is 0.497 e. The van der Waals surface area contributed by atoms with Crippen molar-refractivity contribution in [3.8, 4) is 11.5 Å². The van der Waals surface area contributed by atoms with Crippen molar-refractivity contribution in [2.24, 2.45) is 0 Å². The van der Waals surface area contributed by atoms with Crippen LogP contribution in [0.15, 0.2) is 41.3 Å². The number of nitrogens with one attached hydrogen (secondary N) is 2. The van der Waals surface area contributed by atoms with Crippen LogP contribution in [0.4, 0.5) is 0 Å². The summed E-state index contributed by atoms with van der Waals surface area (Å²) in [7, 11) is -0.574. The van der Waals surface area contributed by atoms with E-state index < -0.39 is 10.0 Å². The third kappa shape index (κ3) is 3.94. The van der Waals surface area contributed by atoms with Gasteiger partial charge in [0.05, 0.1) is 14.2 Å². The Bertz CT molecular complexity index is 1070. The minimum absolute atomic E-state index is 0.155. The van der Waals surface area contributed by atoms with E-state index in [9.17, 15) is 8.42 Å². The fourth-order valence-electron chi connectivity index (χ4n) is 3.19. The number of aromatic amines is 1. The van der Waals surface area contributed by atoms with Gasteiger partial charge in [-0.25, -0.2) is 13.1 Å². The van der Waals surface area contributed by atoms with Gasteiger partial charge in [-0.3, -0.25) is 0 Å². The van der Waals surface area contributed by atoms with Crippen LogP contribution in [0.3, 0.4) is 0 Å². The fraction of sp³-hybridized carbons (Fsp3) is 0.300.